The number of nitro benzene ring substituents is 1. The van der Waals surface area contributed by atoms with Crippen molar-refractivity contribution in [1.29, 1.82) is 0 Å². The fraction of sp³-hybridized carbons (Fsp3) is 0.0303. The van der Waals surface area contributed by atoms with Crippen molar-refractivity contribution >= 4 is 63.4 Å². The maximum Gasteiger partial charge on any atom is 0.272 e. The largest absolute Gasteiger partial charge is 0.321 e. The van der Waals surface area contributed by atoms with Crippen LogP contribution in [0.5, 0.6) is 0 Å². The molecule has 0 fully saturated rings. The number of nitrogens with zero attached hydrogens (tertiary/aromatic N) is 2. The molecule has 10 nitrogen and oxygen atoms in total. The highest BCUT2D eigenvalue weighted by atomic mass is 32.2. The maximum atomic E-state index is 13.4. The van der Waals surface area contributed by atoms with E-state index in [0.717, 1.165) is 5.56 Å². The Bertz CT molecular complexity index is 1910. The molecule has 1 heterocycles. The van der Waals surface area contributed by atoms with Crippen LogP contribution in [0.2, 0.25) is 0 Å². The van der Waals surface area contributed by atoms with E-state index in [4.69, 9.17) is 0 Å². The van der Waals surface area contributed by atoms with Crippen LogP contribution in [0, 0.1) is 15.9 Å². The zero-order valence-electron chi connectivity index (χ0n) is 23.8. The molecule has 5 aromatic rings. The van der Waals surface area contributed by atoms with Crippen LogP contribution in [0.4, 0.5) is 20.9 Å². The molecule has 0 aliphatic heterocycles. The van der Waals surface area contributed by atoms with Gasteiger partial charge in [-0.3, -0.25) is 24.5 Å². The van der Waals surface area contributed by atoms with Crippen LogP contribution in [-0.2, 0) is 9.59 Å². The van der Waals surface area contributed by atoms with E-state index in [1.54, 1.807) is 72.1 Å². The summed E-state index contributed by atoms with van der Waals surface area (Å²) in [6.07, 6.45) is 1.42. The zero-order valence-corrected chi connectivity index (χ0v) is 25.4. The minimum Gasteiger partial charge on any atom is -0.321 e. The molecule has 230 valence electrons. The van der Waals surface area contributed by atoms with Crippen LogP contribution < -0.4 is 16.0 Å². The van der Waals surface area contributed by atoms with Crippen molar-refractivity contribution in [3.63, 3.8) is 0 Å². The Morgan fingerprint density at radius 3 is 2.37 bits per heavy atom. The summed E-state index contributed by atoms with van der Waals surface area (Å²) in [5.41, 5.74) is 2.39. The number of carbonyl (C=O) groups excluding carboxylic acids is 3. The number of aromatic nitrogens is 1. The quantitative estimate of drug-likeness (QED) is 0.0603. The number of halogens is 1. The molecule has 0 spiro atoms. The number of non-ortho nitro benzene ring substituents is 1. The highest BCUT2D eigenvalue weighted by Gasteiger charge is 2.16. The lowest BCUT2D eigenvalue weighted by atomic mass is 10.1. The summed E-state index contributed by atoms with van der Waals surface area (Å²) in [5.74, 6) is -1.69. The topological polar surface area (TPSA) is 143 Å². The van der Waals surface area contributed by atoms with Crippen molar-refractivity contribution in [3.8, 4) is 11.3 Å². The van der Waals surface area contributed by atoms with E-state index < -0.39 is 16.7 Å². The van der Waals surface area contributed by atoms with E-state index >= 15 is 0 Å². The van der Waals surface area contributed by atoms with E-state index in [2.05, 4.69) is 20.9 Å². The van der Waals surface area contributed by atoms with Crippen LogP contribution in [-0.4, -0.2) is 33.4 Å². The molecular formula is C33H24FN5O5S2. The Morgan fingerprint density at radius 2 is 1.65 bits per heavy atom. The summed E-state index contributed by atoms with van der Waals surface area (Å²) in [5, 5.41) is 21.4. The molecule has 0 saturated carbocycles. The van der Waals surface area contributed by atoms with Crippen LogP contribution in [0.1, 0.15) is 15.9 Å². The van der Waals surface area contributed by atoms with Crippen molar-refractivity contribution < 1.29 is 23.7 Å². The fourth-order valence-electron chi connectivity index (χ4n) is 4.05. The number of hydrogen-bond donors (Lipinski definition) is 3. The highest BCUT2D eigenvalue weighted by Crippen LogP contribution is 2.26. The molecule has 0 unspecified atom stereocenters. The summed E-state index contributed by atoms with van der Waals surface area (Å²) in [7, 11) is 0. The lowest BCUT2D eigenvalue weighted by Crippen LogP contribution is -2.30. The van der Waals surface area contributed by atoms with E-state index in [0.29, 0.717) is 32.5 Å². The van der Waals surface area contributed by atoms with Crippen LogP contribution in [0.15, 0.2) is 119 Å². The molecule has 4 aromatic carbocycles. The van der Waals surface area contributed by atoms with Crippen LogP contribution >= 0.6 is 23.1 Å². The number of hydrogen-bond acceptors (Lipinski definition) is 8. The molecule has 0 bridgehead atoms. The Kier molecular flexibility index (Phi) is 10.3. The Hall–Kier alpha value is -5.66. The molecule has 0 saturated heterocycles. The van der Waals surface area contributed by atoms with Gasteiger partial charge in [0.25, 0.3) is 17.5 Å². The predicted octanol–water partition coefficient (Wildman–Crippen LogP) is 7.00. The van der Waals surface area contributed by atoms with Gasteiger partial charge in [0.05, 0.1) is 16.4 Å². The van der Waals surface area contributed by atoms with Crippen LogP contribution in [0.3, 0.4) is 0 Å². The molecule has 3 amide bonds. The molecule has 1 aromatic heterocycles. The Labute approximate surface area is 270 Å². The predicted molar refractivity (Wildman–Crippen MR) is 177 cm³/mol. The number of thiazole rings is 1. The number of amides is 3. The maximum absolute atomic E-state index is 13.4. The first-order valence-electron chi connectivity index (χ1n) is 13.6. The lowest BCUT2D eigenvalue weighted by Gasteiger charge is -2.12. The molecule has 0 aliphatic carbocycles. The summed E-state index contributed by atoms with van der Waals surface area (Å²) in [6, 6.07) is 26.7. The van der Waals surface area contributed by atoms with E-state index in [1.165, 1.54) is 65.6 Å². The minimum absolute atomic E-state index is 0.0707. The Balaban J connectivity index is 1.23. The van der Waals surface area contributed by atoms with Gasteiger partial charge in [-0.1, -0.05) is 24.3 Å². The third-order valence-corrected chi connectivity index (χ3v) is 8.05. The number of rotatable bonds is 11. The van der Waals surface area contributed by atoms with Gasteiger partial charge >= 0.3 is 0 Å². The monoisotopic (exact) mass is 653 g/mol. The van der Waals surface area contributed by atoms with E-state index in [-0.39, 0.29) is 28.9 Å². The van der Waals surface area contributed by atoms with Gasteiger partial charge in [-0.05, 0) is 78.4 Å². The van der Waals surface area contributed by atoms with E-state index in [1.807, 2.05) is 0 Å². The second kappa shape index (κ2) is 14.9. The van der Waals surface area contributed by atoms with Crippen molar-refractivity contribution in [2.75, 3.05) is 16.4 Å². The summed E-state index contributed by atoms with van der Waals surface area (Å²) in [6.45, 7) is 0. The van der Waals surface area contributed by atoms with Gasteiger partial charge in [-0.25, -0.2) is 9.37 Å². The first kappa shape index (κ1) is 31.8. The standard InChI is InChI=1S/C33H24FN5O5S2/c34-24-13-11-22(12-14-24)29-19-46-33(37-29)38-30(40)20-45-27-8-4-7-25(18-27)35-32(42)28(36-31(41)23-5-2-1-3-6-23)17-21-9-15-26(16-10-21)39(43)44/h1-19H,20H2,(H,35,42)(H,36,41)(H,37,38,40)/b28-17+. The van der Waals surface area contributed by atoms with Gasteiger partial charge in [0.2, 0.25) is 5.91 Å². The first-order chi connectivity index (χ1) is 22.2. The van der Waals surface area contributed by atoms with Gasteiger partial charge < -0.3 is 16.0 Å². The second-order valence-corrected chi connectivity index (χ2v) is 11.5. The normalized spacial score (nSPS) is 11.0. The van der Waals surface area contributed by atoms with Crippen molar-refractivity contribution in [2.24, 2.45) is 0 Å². The fourth-order valence-corrected chi connectivity index (χ4v) is 5.54. The molecule has 46 heavy (non-hydrogen) atoms. The number of carbonyl (C=O) groups is 3. The molecule has 0 radical (unpaired) electrons. The molecule has 5 rings (SSSR count). The Morgan fingerprint density at radius 1 is 0.913 bits per heavy atom. The van der Waals surface area contributed by atoms with Gasteiger partial charge in [-0.2, -0.15) is 0 Å². The average molecular weight is 654 g/mol. The SMILES string of the molecule is O=C(CSc1cccc(NC(=O)/C(=C\c2ccc([N+](=O)[O-])cc2)NC(=O)c2ccccc2)c1)Nc1nc(-c2ccc(F)cc2)cs1. The smallest absolute Gasteiger partial charge is 0.272 e. The number of thioether (sulfide) groups is 1. The first-order valence-corrected chi connectivity index (χ1v) is 15.5. The van der Waals surface area contributed by atoms with E-state index in [9.17, 15) is 28.9 Å². The summed E-state index contributed by atoms with van der Waals surface area (Å²) >= 11 is 2.51. The lowest BCUT2D eigenvalue weighted by molar-refractivity contribution is -0.384. The van der Waals surface area contributed by atoms with Crippen LogP contribution in [0.25, 0.3) is 17.3 Å². The molecule has 0 aliphatic rings. The van der Waals surface area contributed by atoms with Gasteiger partial charge in [0.15, 0.2) is 5.13 Å². The van der Waals surface area contributed by atoms with Crippen molar-refractivity contribution in [1.82, 2.24) is 10.3 Å². The van der Waals surface area contributed by atoms with Crippen molar-refractivity contribution in [2.45, 2.75) is 4.90 Å². The van der Waals surface area contributed by atoms with Crippen molar-refractivity contribution in [3.05, 3.63) is 141 Å². The zero-order chi connectivity index (χ0) is 32.5. The van der Waals surface area contributed by atoms with Gasteiger partial charge in [0, 0.05) is 39.2 Å². The third-order valence-electron chi connectivity index (χ3n) is 6.30. The number of nitrogens with one attached hydrogen (secondary N) is 3. The number of benzene rings is 4. The van der Waals surface area contributed by atoms with Gasteiger partial charge in [-0.15, -0.1) is 23.1 Å². The minimum atomic E-state index is -0.622. The third kappa shape index (κ3) is 8.71. The van der Waals surface area contributed by atoms with Gasteiger partial charge in [0.1, 0.15) is 11.5 Å². The second-order valence-electron chi connectivity index (χ2n) is 9.59. The summed E-state index contributed by atoms with van der Waals surface area (Å²) in [4.78, 5) is 54.5. The number of nitro groups is 1. The average Bonchev–Trinajstić information content (AvgIpc) is 3.53. The molecule has 13 heteroatoms. The molecule has 3 N–H and O–H groups in total. The number of anilines is 2. The summed E-state index contributed by atoms with van der Waals surface area (Å²) < 4.78 is 13.2. The molecule has 0 atom stereocenters. The molecular weight excluding hydrogens is 630 g/mol. The highest BCUT2D eigenvalue weighted by molar-refractivity contribution is 8.00.